The molecule has 0 aliphatic rings. The fraction of sp³-hybridized carbons (Fsp3) is 0.143. The summed E-state index contributed by atoms with van der Waals surface area (Å²) in [7, 11) is 0. The van der Waals surface area contributed by atoms with Crippen LogP contribution in [0.4, 0.5) is 0 Å². The molecule has 0 atom stereocenters. The number of halogens is 1. The second-order valence-corrected chi connectivity index (χ2v) is 5.52. The van der Waals surface area contributed by atoms with Gasteiger partial charge in [0, 0.05) is 16.7 Å². The Bertz CT molecular complexity index is 825. The fourth-order valence-electron chi connectivity index (χ4n) is 2.09. The van der Waals surface area contributed by atoms with Crippen molar-refractivity contribution in [2.45, 2.75) is 6.92 Å². The van der Waals surface area contributed by atoms with E-state index in [0.29, 0.717) is 11.4 Å². The molecule has 102 valence electrons. The molecule has 0 saturated heterocycles. The summed E-state index contributed by atoms with van der Waals surface area (Å²) >= 11 is 8.81. The number of fused-ring (bicyclic) bond motifs is 1. The third kappa shape index (κ3) is 2.36. The normalized spacial score (nSPS) is 10.9. The zero-order valence-electron chi connectivity index (χ0n) is 10.8. The summed E-state index contributed by atoms with van der Waals surface area (Å²) in [5.74, 6) is 0.818. The molecule has 6 heteroatoms. The Hall–Kier alpha value is -1.66. The van der Waals surface area contributed by atoms with Crippen molar-refractivity contribution in [2.75, 3.05) is 6.61 Å². The maximum absolute atomic E-state index is 5.53. The molecule has 3 aromatic rings. The lowest BCUT2D eigenvalue weighted by molar-refractivity contribution is 0.340. The average Bonchev–Trinajstić information content (AvgIpc) is 2.74. The number of ether oxygens (including phenoxy) is 1. The minimum absolute atomic E-state index is 0.610. The molecule has 1 N–H and O–H groups in total. The van der Waals surface area contributed by atoms with E-state index in [0.717, 1.165) is 27.1 Å². The molecule has 2 heterocycles. The van der Waals surface area contributed by atoms with Crippen molar-refractivity contribution in [2.24, 2.45) is 0 Å². The average molecular weight is 350 g/mol. The molecule has 0 aliphatic carbocycles. The molecule has 0 unspecified atom stereocenters. The van der Waals surface area contributed by atoms with Gasteiger partial charge in [-0.25, -0.2) is 4.98 Å². The number of hydrogen-bond acceptors (Lipinski definition) is 3. The summed E-state index contributed by atoms with van der Waals surface area (Å²) in [5, 5.41) is 0. The summed E-state index contributed by atoms with van der Waals surface area (Å²) < 4.78 is 8.96. The molecular weight excluding hydrogens is 338 g/mol. The highest BCUT2D eigenvalue weighted by Gasteiger charge is 2.09. The topological polar surface area (TPSA) is 42.8 Å². The van der Waals surface area contributed by atoms with Gasteiger partial charge in [-0.05, 0) is 53.3 Å². The largest absolute Gasteiger partial charge is 0.494 e. The molecule has 0 amide bonds. The lowest BCUT2D eigenvalue weighted by Gasteiger charge is -2.07. The Balaban J connectivity index is 2.21. The Labute approximate surface area is 129 Å². The van der Waals surface area contributed by atoms with E-state index in [-0.39, 0.29) is 0 Å². The summed E-state index contributed by atoms with van der Waals surface area (Å²) in [5.41, 5.74) is 2.63. The number of H-pyrrole nitrogens is 1. The lowest BCUT2D eigenvalue weighted by Crippen LogP contribution is -1.97. The predicted molar refractivity (Wildman–Crippen MR) is 85.1 cm³/mol. The van der Waals surface area contributed by atoms with Crippen LogP contribution < -0.4 is 4.74 Å². The van der Waals surface area contributed by atoms with Gasteiger partial charge in [0.1, 0.15) is 5.75 Å². The van der Waals surface area contributed by atoms with E-state index in [1.54, 1.807) is 6.20 Å². The molecule has 20 heavy (non-hydrogen) atoms. The molecule has 1 aromatic carbocycles. The van der Waals surface area contributed by atoms with Crippen LogP contribution in [0.15, 0.2) is 41.0 Å². The molecule has 0 spiro atoms. The van der Waals surface area contributed by atoms with Crippen LogP contribution in [0.2, 0.25) is 0 Å². The number of aromatic amines is 1. The van der Waals surface area contributed by atoms with Crippen LogP contribution in [-0.2, 0) is 0 Å². The summed E-state index contributed by atoms with van der Waals surface area (Å²) in [6.07, 6.45) is 1.76. The molecular formula is C14H12BrN3OS. The lowest BCUT2D eigenvalue weighted by atomic mass is 10.3. The van der Waals surface area contributed by atoms with E-state index in [2.05, 4.69) is 25.9 Å². The van der Waals surface area contributed by atoms with Gasteiger partial charge >= 0.3 is 0 Å². The Morgan fingerprint density at radius 2 is 2.25 bits per heavy atom. The second kappa shape index (κ2) is 5.38. The van der Waals surface area contributed by atoms with Crippen molar-refractivity contribution in [3.63, 3.8) is 0 Å². The van der Waals surface area contributed by atoms with Gasteiger partial charge in [-0.15, -0.1) is 0 Å². The van der Waals surface area contributed by atoms with Crippen molar-refractivity contribution in [3.8, 4) is 11.4 Å². The van der Waals surface area contributed by atoms with E-state index in [9.17, 15) is 0 Å². The minimum Gasteiger partial charge on any atom is -0.494 e. The van der Waals surface area contributed by atoms with E-state index >= 15 is 0 Å². The first kappa shape index (κ1) is 13.3. The maximum atomic E-state index is 5.53. The van der Waals surface area contributed by atoms with Crippen molar-refractivity contribution >= 4 is 39.3 Å². The molecule has 0 bridgehead atoms. The van der Waals surface area contributed by atoms with Gasteiger partial charge in [0.15, 0.2) is 10.4 Å². The van der Waals surface area contributed by atoms with Crippen LogP contribution in [0.3, 0.4) is 0 Å². The molecule has 3 rings (SSSR count). The third-order valence-corrected chi connectivity index (χ3v) is 3.59. The third-order valence-electron chi connectivity index (χ3n) is 2.88. The summed E-state index contributed by atoms with van der Waals surface area (Å²) in [4.78, 5) is 7.59. The molecule has 0 radical (unpaired) electrons. The SMILES string of the molecule is CCOc1cccc(-n2c(=S)[nH]c3cc(Br)cnc32)c1. The molecule has 4 nitrogen and oxygen atoms in total. The van der Waals surface area contributed by atoms with E-state index in [1.807, 2.05) is 41.8 Å². The minimum atomic E-state index is 0.610. The van der Waals surface area contributed by atoms with Gasteiger partial charge in [-0.3, -0.25) is 4.57 Å². The Morgan fingerprint density at radius 1 is 1.40 bits per heavy atom. The number of nitrogens with one attached hydrogen (secondary N) is 1. The van der Waals surface area contributed by atoms with Gasteiger partial charge < -0.3 is 9.72 Å². The number of hydrogen-bond donors (Lipinski definition) is 1. The number of benzene rings is 1. The fourth-order valence-corrected chi connectivity index (χ4v) is 2.72. The van der Waals surface area contributed by atoms with Crippen LogP contribution in [0.5, 0.6) is 5.75 Å². The Morgan fingerprint density at radius 3 is 3.05 bits per heavy atom. The van der Waals surface area contributed by atoms with Gasteiger partial charge in [0.25, 0.3) is 0 Å². The van der Waals surface area contributed by atoms with E-state index < -0.39 is 0 Å². The second-order valence-electron chi connectivity index (χ2n) is 4.22. The quantitative estimate of drug-likeness (QED) is 0.719. The molecule has 0 fully saturated rings. The molecule has 0 saturated carbocycles. The number of imidazole rings is 1. The van der Waals surface area contributed by atoms with Crippen molar-refractivity contribution in [1.82, 2.24) is 14.5 Å². The zero-order valence-corrected chi connectivity index (χ0v) is 13.2. The number of nitrogens with zero attached hydrogens (tertiary/aromatic N) is 2. The highest BCUT2D eigenvalue weighted by molar-refractivity contribution is 9.10. The number of rotatable bonds is 3. The van der Waals surface area contributed by atoms with Gasteiger partial charge in [-0.2, -0.15) is 0 Å². The monoisotopic (exact) mass is 349 g/mol. The van der Waals surface area contributed by atoms with Crippen molar-refractivity contribution in [1.29, 1.82) is 0 Å². The smallest absolute Gasteiger partial charge is 0.184 e. The van der Waals surface area contributed by atoms with Crippen LogP contribution in [-0.4, -0.2) is 21.1 Å². The van der Waals surface area contributed by atoms with Crippen LogP contribution in [0.1, 0.15) is 6.92 Å². The predicted octanol–water partition coefficient (Wildman–Crippen LogP) is 4.24. The number of pyridine rings is 1. The first-order chi connectivity index (χ1) is 9.69. The highest BCUT2D eigenvalue weighted by Crippen LogP contribution is 2.23. The van der Waals surface area contributed by atoms with E-state index in [1.165, 1.54) is 0 Å². The summed E-state index contributed by atoms with van der Waals surface area (Å²) in [6.45, 7) is 2.59. The molecule has 0 aliphatic heterocycles. The maximum Gasteiger partial charge on any atom is 0.184 e. The van der Waals surface area contributed by atoms with Crippen molar-refractivity contribution < 1.29 is 4.74 Å². The first-order valence-electron chi connectivity index (χ1n) is 6.18. The highest BCUT2D eigenvalue weighted by atomic mass is 79.9. The number of aromatic nitrogens is 3. The van der Waals surface area contributed by atoms with Gasteiger partial charge in [-0.1, -0.05) is 6.07 Å². The standard InChI is InChI=1S/C14H12BrN3OS/c1-2-19-11-5-3-4-10(7-11)18-13-12(17-14(18)20)6-9(15)8-16-13/h3-8H,2H2,1H3,(H,17,20). The van der Waals surface area contributed by atoms with Crippen LogP contribution in [0, 0.1) is 4.77 Å². The van der Waals surface area contributed by atoms with E-state index in [4.69, 9.17) is 17.0 Å². The van der Waals surface area contributed by atoms with Gasteiger partial charge in [0.2, 0.25) is 0 Å². The first-order valence-corrected chi connectivity index (χ1v) is 7.38. The Kier molecular flexibility index (Phi) is 3.58. The summed E-state index contributed by atoms with van der Waals surface area (Å²) in [6, 6.07) is 9.77. The van der Waals surface area contributed by atoms with Crippen LogP contribution in [0.25, 0.3) is 16.9 Å². The van der Waals surface area contributed by atoms with Crippen molar-refractivity contribution in [3.05, 3.63) is 45.8 Å². The molecule has 2 aromatic heterocycles. The zero-order chi connectivity index (χ0) is 14.1. The van der Waals surface area contributed by atoms with Crippen LogP contribution >= 0.6 is 28.1 Å². The van der Waals surface area contributed by atoms with Gasteiger partial charge in [0.05, 0.1) is 17.8 Å².